The number of aryl methyl sites for hydroxylation is 2. The number of hydrogen-bond acceptors (Lipinski definition) is 5. The van der Waals surface area contributed by atoms with Crippen LogP contribution in [0.15, 0.2) is 36.7 Å². The highest BCUT2D eigenvalue weighted by Crippen LogP contribution is 2.28. The van der Waals surface area contributed by atoms with Gasteiger partial charge < -0.3 is 4.90 Å². The molecule has 8 nitrogen and oxygen atoms in total. The fraction of sp³-hybridized carbons (Fsp3) is 0.389. The van der Waals surface area contributed by atoms with Crippen molar-refractivity contribution in [1.82, 2.24) is 34.9 Å². The van der Waals surface area contributed by atoms with Crippen molar-refractivity contribution in [2.24, 2.45) is 7.05 Å². The standard InChI is InChI=1S/C18H21N7O/c1-23-16-8-11-24(17(26)9-12-25-13-19-21-22-25)10-7-15(16)18(20-23)14-5-3-2-4-6-14/h2-6,13H,7-12H2,1H3. The van der Waals surface area contributed by atoms with Gasteiger partial charge in [0.25, 0.3) is 0 Å². The molecule has 0 aliphatic carbocycles. The van der Waals surface area contributed by atoms with Crippen LogP contribution in [0.5, 0.6) is 0 Å². The highest BCUT2D eigenvalue weighted by atomic mass is 16.2. The number of carbonyl (C=O) groups excluding carboxylic acids is 1. The van der Waals surface area contributed by atoms with Gasteiger partial charge in [-0.3, -0.25) is 9.48 Å². The summed E-state index contributed by atoms with van der Waals surface area (Å²) in [4.78, 5) is 14.5. The van der Waals surface area contributed by atoms with Crippen LogP contribution in [0.2, 0.25) is 0 Å². The minimum absolute atomic E-state index is 0.141. The summed E-state index contributed by atoms with van der Waals surface area (Å²) in [6, 6.07) is 10.2. The highest BCUT2D eigenvalue weighted by molar-refractivity contribution is 5.76. The minimum atomic E-state index is 0.141. The van der Waals surface area contributed by atoms with E-state index in [4.69, 9.17) is 5.10 Å². The first-order valence-electron chi connectivity index (χ1n) is 8.81. The molecule has 0 atom stereocenters. The van der Waals surface area contributed by atoms with Crippen LogP contribution in [0.3, 0.4) is 0 Å². The predicted molar refractivity (Wildman–Crippen MR) is 95.1 cm³/mol. The van der Waals surface area contributed by atoms with Crippen LogP contribution >= 0.6 is 0 Å². The van der Waals surface area contributed by atoms with Crippen molar-refractivity contribution in [1.29, 1.82) is 0 Å². The van der Waals surface area contributed by atoms with Gasteiger partial charge in [0.2, 0.25) is 5.91 Å². The predicted octanol–water partition coefficient (Wildman–Crippen LogP) is 1.09. The first-order chi connectivity index (χ1) is 12.7. The molecule has 4 rings (SSSR count). The molecule has 0 bridgehead atoms. The van der Waals surface area contributed by atoms with Crippen LogP contribution in [-0.4, -0.2) is 53.9 Å². The van der Waals surface area contributed by atoms with E-state index < -0.39 is 0 Å². The Labute approximate surface area is 151 Å². The van der Waals surface area contributed by atoms with E-state index in [1.54, 1.807) is 4.68 Å². The Balaban J connectivity index is 1.48. The van der Waals surface area contributed by atoms with Gasteiger partial charge in [0.15, 0.2) is 0 Å². The summed E-state index contributed by atoms with van der Waals surface area (Å²) in [5.41, 5.74) is 4.64. The van der Waals surface area contributed by atoms with Gasteiger partial charge in [-0.25, -0.2) is 4.68 Å². The number of nitrogens with zero attached hydrogens (tertiary/aromatic N) is 7. The van der Waals surface area contributed by atoms with E-state index in [9.17, 15) is 4.79 Å². The maximum Gasteiger partial charge on any atom is 0.224 e. The van der Waals surface area contributed by atoms with Crippen LogP contribution in [-0.2, 0) is 31.2 Å². The van der Waals surface area contributed by atoms with E-state index in [0.717, 1.165) is 30.6 Å². The van der Waals surface area contributed by atoms with Gasteiger partial charge in [-0.15, -0.1) is 5.10 Å². The molecular formula is C18H21N7O. The van der Waals surface area contributed by atoms with E-state index in [0.29, 0.717) is 19.5 Å². The molecule has 0 unspecified atom stereocenters. The van der Waals surface area contributed by atoms with Gasteiger partial charge in [0.1, 0.15) is 6.33 Å². The van der Waals surface area contributed by atoms with E-state index >= 15 is 0 Å². The van der Waals surface area contributed by atoms with Gasteiger partial charge in [-0.2, -0.15) is 5.10 Å². The smallest absolute Gasteiger partial charge is 0.224 e. The molecule has 0 fully saturated rings. The van der Waals surface area contributed by atoms with Crippen molar-refractivity contribution >= 4 is 5.91 Å². The molecule has 0 N–H and O–H groups in total. The molecule has 3 heterocycles. The maximum absolute atomic E-state index is 12.6. The summed E-state index contributed by atoms with van der Waals surface area (Å²) in [6.45, 7) is 1.94. The van der Waals surface area contributed by atoms with Crippen LogP contribution in [0.4, 0.5) is 0 Å². The molecule has 26 heavy (non-hydrogen) atoms. The number of aromatic nitrogens is 6. The van der Waals surface area contributed by atoms with Crippen LogP contribution in [0.25, 0.3) is 11.3 Å². The van der Waals surface area contributed by atoms with Crippen molar-refractivity contribution in [3.05, 3.63) is 47.9 Å². The monoisotopic (exact) mass is 351 g/mol. The Bertz CT molecular complexity index is 886. The molecule has 0 spiro atoms. The van der Waals surface area contributed by atoms with Gasteiger partial charge >= 0.3 is 0 Å². The molecule has 2 aromatic heterocycles. The summed E-state index contributed by atoms with van der Waals surface area (Å²) in [5.74, 6) is 0.141. The second kappa shape index (κ2) is 7.07. The van der Waals surface area contributed by atoms with Crippen molar-refractivity contribution < 1.29 is 4.79 Å². The Morgan fingerprint density at radius 3 is 2.73 bits per heavy atom. The second-order valence-corrected chi connectivity index (χ2v) is 6.47. The Hall–Kier alpha value is -3.03. The van der Waals surface area contributed by atoms with Crippen molar-refractivity contribution in [2.75, 3.05) is 13.1 Å². The fourth-order valence-corrected chi connectivity index (χ4v) is 3.51. The molecular weight excluding hydrogens is 330 g/mol. The van der Waals surface area contributed by atoms with Crippen LogP contribution < -0.4 is 0 Å². The zero-order valence-electron chi connectivity index (χ0n) is 14.7. The Kier molecular flexibility index (Phi) is 4.47. The summed E-state index contributed by atoms with van der Waals surface area (Å²) in [5, 5.41) is 15.7. The van der Waals surface area contributed by atoms with E-state index in [1.807, 2.05) is 34.8 Å². The van der Waals surface area contributed by atoms with Gasteiger partial charge in [0.05, 0.1) is 12.2 Å². The first kappa shape index (κ1) is 16.4. The van der Waals surface area contributed by atoms with E-state index in [2.05, 4.69) is 27.7 Å². The molecule has 8 heteroatoms. The molecule has 1 aliphatic rings. The van der Waals surface area contributed by atoms with Crippen molar-refractivity contribution in [3.63, 3.8) is 0 Å². The largest absolute Gasteiger partial charge is 0.342 e. The maximum atomic E-state index is 12.6. The first-order valence-corrected chi connectivity index (χ1v) is 8.81. The molecule has 1 amide bonds. The number of hydrogen-bond donors (Lipinski definition) is 0. The van der Waals surface area contributed by atoms with Gasteiger partial charge in [-0.05, 0) is 16.8 Å². The highest BCUT2D eigenvalue weighted by Gasteiger charge is 2.24. The topological polar surface area (TPSA) is 81.7 Å². The molecule has 0 saturated heterocycles. The second-order valence-electron chi connectivity index (χ2n) is 6.47. The lowest BCUT2D eigenvalue weighted by atomic mass is 10.0. The third-order valence-electron chi connectivity index (χ3n) is 4.87. The minimum Gasteiger partial charge on any atom is -0.342 e. The average molecular weight is 351 g/mol. The molecule has 0 radical (unpaired) electrons. The summed E-state index contributed by atoms with van der Waals surface area (Å²) in [7, 11) is 1.99. The number of carbonyl (C=O) groups is 1. The molecule has 3 aromatic rings. The SMILES string of the molecule is Cn1nc(-c2ccccc2)c2c1CCN(C(=O)CCn1cnnn1)CC2. The van der Waals surface area contributed by atoms with E-state index in [1.165, 1.54) is 17.6 Å². The lowest BCUT2D eigenvalue weighted by molar-refractivity contribution is -0.131. The van der Waals surface area contributed by atoms with Crippen molar-refractivity contribution in [2.45, 2.75) is 25.8 Å². The number of tetrazole rings is 1. The van der Waals surface area contributed by atoms with Crippen LogP contribution in [0, 0.1) is 0 Å². The molecule has 134 valence electrons. The van der Waals surface area contributed by atoms with Crippen molar-refractivity contribution in [3.8, 4) is 11.3 Å². The zero-order chi connectivity index (χ0) is 17.9. The number of rotatable bonds is 4. The zero-order valence-corrected chi connectivity index (χ0v) is 14.7. The summed E-state index contributed by atoms with van der Waals surface area (Å²) >= 11 is 0. The lowest BCUT2D eigenvalue weighted by Crippen LogP contribution is -2.34. The average Bonchev–Trinajstić information content (AvgIpc) is 3.22. The van der Waals surface area contributed by atoms with Gasteiger partial charge in [0, 0.05) is 49.8 Å². The fourth-order valence-electron chi connectivity index (χ4n) is 3.51. The normalized spacial score (nSPS) is 14.1. The summed E-state index contributed by atoms with van der Waals surface area (Å²) < 4.78 is 3.55. The number of benzene rings is 1. The third kappa shape index (κ3) is 3.22. The number of fused-ring (bicyclic) bond motifs is 1. The third-order valence-corrected chi connectivity index (χ3v) is 4.87. The van der Waals surface area contributed by atoms with Gasteiger partial charge in [-0.1, -0.05) is 30.3 Å². The summed E-state index contributed by atoms with van der Waals surface area (Å²) in [6.07, 6.45) is 3.58. The molecule has 1 aliphatic heterocycles. The quantitative estimate of drug-likeness (QED) is 0.703. The molecule has 0 saturated carbocycles. The van der Waals surface area contributed by atoms with Crippen LogP contribution in [0.1, 0.15) is 17.7 Å². The van der Waals surface area contributed by atoms with E-state index in [-0.39, 0.29) is 5.91 Å². The lowest BCUT2D eigenvalue weighted by Gasteiger charge is -2.20. The Morgan fingerprint density at radius 2 is 1.96 bits per heavy atom. The number of amides is 1. The Morgan fingerprint density at radius 1 is 1.15 bits per heavy atom. The molecule has 1 aromatic carbocycles.